The fourth-order valence-electron chi connectivity index (χ4n) is 3.50. The molecule has 0 spiro atoms. The third kappa shape index (κ3) is 5.01. The number of hydrogen-bond acceptors (Lipinski definition) is 4. The first-order valence-corrected chi connectivity index (χ1v) is 10.9. The molecule has 1 aliphatic heterocycles. The van der Waals surface area contributed by atoms with Crippen LogP contribution in [-0.4, -0.2) is 31.6 Å². The third-order valence-electron chi connectivity index (χ3n) is 4.62. The van der Waals surface area contributed by atoms with E-state index in [4.69, 9.17) is 4.84 Å². The zero-order valence-electron chi connectivity index (χ0n) is 15.5. The van der Waals surface area contributed by atoms with Crippen molar-refractivity contribution in [2.75, 3.05) is 0 Å². The van der Waals surface area contributed by atoms with Crippen LogP contribution in [0.5, 0.6) is 0 Å². The van der Waals surface area contributed by atoms with Crippen LogP contribution in [0.2, 0.25) is 11.1 Å². The maximum absolute atomic E-state index is 11.9. The van der Waals surface area contributed by atoms with Gasteiger partial charge in [-0.2, -0.15) is 0 Å². The number of carbonyl (C=O) groups is 3. The summed E-state index contributed by atoms with van der Waals surface area (Å²) < 4.78 is 0. The monoisotopic (exact) mass is 361 g/mol. The van der Waals surface area contributed by atoms with Crippen molar-refractivity contribution in [2.45, 2.75) is 64.5 Å². The normalized spacial score (nSPS) is 14.9. The highest BCUT2D eigenvalue weighted by Gasteiger charge is 2.32. The molecule has 0 aliphatic carbocycles. The van der Waals surface area contributed by atoms with Gasteiger partial charge >= 0.3 is 5.97 Å². The maximum atomic E-state index is 11.9. The molecule has 1 fully saturated rings. The van der Waals surface area contributed by atoms with Gasteiger partial charge in [0.1, 0.15) is 0 Å². The Morgan fingerprint density at radius 2 is 1.56 bits per heavy atom. The van der Waals surface area contributed by atoms with E-state index in [1.165, 1.54) is 5.19 Å². The average Bonchev–Trinajstić information content (AvgIpc) is 2.85. The maximum Gasteiger partial charge on any atom is 0.333 e. The molecule has 5 nitrogen and oxygen atoms in total. The predicted octanol–water partition coefficient (Wildman–Crippen LogP) is 2.48. The number of benzene rings is 1. The van der Waals surface area contributed by atoms with Gasteiger partial charge in [0.2, 0.25) is 0 Å². The zero-order chi connectivity index (χ0) is 18.6. The van der Waals surface area contributed by atoms with Crippen LogP contribution in [-0.2, 0) is 25.6 Å². The van der Waals surface area contributed by atoms with E-state index in [1.54, 1.807) is 0 Å². The molecule has 1 aromatic rings. The number of nitrogens with zero attached hydrogens (tertiary/aromatic N) is 1. The summed E-state index contributed by atoms with van der Waals surface area (Å²) in [4.78, 5) is 39.6. The summed E-state index contributed by atoms with van der Waals surface area (Å²) >= 11 is 0. The summed E-state index contributed by atoms with van der Waals surface area (Å²) in [6, 6.07) is 8.51. The first kappa shape index (κ1) is 19.4. The van der Waals surface area contributed by atoms with Crippen molar-refractivity contribution in [2.24, 2.45) is 0 Å². The summed E-state index contributed by atoms with van der Waals surface area (Å²) in [7, 11) is -1.01. The van der Waals surface area contributed by atoms with Crippen LogP contribution in [0.25, 0.3) is 0 Å². The van der Waals surface area contributed by atoms with E-state index in [1.807, 2.05) is 0 Å². The smallest absolute Gasteiger partial charge is 0.330 e. The van der Waals surface area contributed by atoms with E-state index < -0.39 is 26.6 Å². The Labute approximate surface area is 150 Å². The van der Waals surface area contributed by atoms with Crippen molar-refractivity contribution in [3.63, 3.8) is 0 Å². The van der Waals surface area contributed by atoms with Crippen molar-refractivity contribution in [3.05, 3.63) is 29.8 Å². The van der Waals surface area contributed by atoms with Crippen LogP contribution in [0.3, 0.4) is 0 Å². The van der Waals surface area contributed by atoms with Crippen molar-refractivity contribution < 1.29 is 19.2 Å². The third-order valence-corrected chi connectivity index (χ3v) is 8.65. The molecule has 0 radical (unpaired) electrons. The molecule has 1 aromatic carbocycles. The number of rotatable bonds is 7. The van der Waals surface area contributed by atoms with Gasteiger partial charge in [-0.25, -0.2) is 4.79 Å². The first-order valence-electron chi connectivity index (χ1n) is 8.95. The van der Waals surface area contributed by atoms with Gasteiger partial charge in [-0.05, 0) is 23.1 Å². The van der Waals surface area contributed by atoms with Crippen LogP contribution >= 0.6 is 0 Å². The van der Waals surface area contributed by atoms with Gasteiger partial charge in [0, 0.05) is 12.8 Å². The van der Waals surface area contributed by atoms with Gasteiger partial charge in [0.15, 0.2) is 0 Å². The molecule has 1 heterocycles. The Morgan fingerprint density at radius 3 is 2.04 bits per heavy atom. The van der Waals surface area contributed by atoms with E-state index >= 15 is 0 Å². The van der Waals surface area contributed by atoms with Crippen molar-refractivity contribution >= 4 is 31.8 Å². The summed E-state index contributed by atoms with van der Waals surface area (Å²) in [6.45, 7) is 9.17. The van der Waals surface area contributed by atoms with E-state index in [0.29, 0.717) is 22.6 Å². The molecule has 0 N–H and O–H groups in total. The fraction of sp³-hybridized carbons (Fsp3) is 0.526. The highest BCUT2D eigenvalue weighted by Crippen LogP contribution is 2.20. The predicted molar refractivity (Wildman–Crippen MR) is 98.9 cm³/mol. The Bertz CT molecular complexity index is 615. The molecule has 136 valence electrons. The lowest BCUT2D eigenvalue weighted by Crippen LogP contribution is -2.35. The number of imide groups is 1. The number of carbonyl (C=O) groups excluding carboxylic acids is 3. The lowest BCUT2D eigenvalue weighted by Gasteiger charge is -2.23. The summed E-state index contributed by atoms with van der Waals surface area (Å²) in [5.74, 6) is -1.44. The van der Waals surface area contributed by atoms with Gasteiger partial charge < -0.3 is 4.84 Å². The largest absolute Gasteiger partial charge is 0.333 e. The van der Waals surface area contributed by atoms with Crippen LogP contribution in [0.4, 0.5) is 0 Å². The molecule has 2 rings (SSSR count). The molecular formula is C19H27NO4Si. The number of hydroxylamine groups is 2. The molecule has 0 atom stereocenters. The molecular weight excluding hydrogens is 334 g/mol. The molecule has 0 aromatic heterocycles. The highest BCUT2D eigenvalue weighted by molar-refractivity contribution is 6.75. The number of hydrogen-bond donors (Lipinski definition) is 0. The van der Waals surface area contributed by atoms with E-state index in [2.05, 4.69) is 52.0 Å². The van der Waals surface area contributed by atoms with Crippen molar-refractivity contribution in [1.29, 1.82) is 0 Å². The molecule has 1 aliphatic rings. The summed E-state index contributed by atoms with van der Waals surface area (Å²) in [5.41, 5.74) is 2.47. The quantitative estimate of drug-likeness (QED) is 0.553. The Morgan fingerprint density at radius 1 is 1.04 bits per heavy atom. The van der Waals surface area contributed by atoms with Gasteiger partial charge in [-0.3, -0.25) is 9.59 Å². The SMILES string of the molecule is CC(C)[SiH](c1ccc(CCC(=O)ON2C(=O)CCC2=O)cc1)C(C)C. The molecule has 25 heavy (non-hydrogen) atoms. The first-order chi connectivity index (χ1) is 11.8. The molecule has 6 heteroatoms. The van der Waals surface area contributed by atoms with Gasteiger partial charge in [0.25, 0.3) is 11.8 Å². The Balaban J connectivity index is 1.90. The fourth-order valence-corrected chi connectivity index (χ4v) is 7.21. The lowest BCUT2D eigenvalue weighted by atomic mass is 10.1. The molecule has 2 amide bonds. The second-order valence-corrected chi connectivity index (χ2v) is 11.7. The van der Waals surface area contributed by atoms with Crippen LogP contribution in [0.1, 0.15) is 52.5 Å². The van der Waals surface area contributed by atoms with Crippen molar-refractivity contribution in [3.8, 4) is 0 Å². The van der Waals surface area contributed by atoms with Gasteiger partial charge in [-0.1, -0.05) is 57.1 Å². The minimum Gasteiger partial charge on any atom is -0.330 e. The van der Waals surface area contributed by atoms with Gasteiger partial charge in [0.05, 0.1) is 15.2 Å². The lowest BCUT2D eigenvalue weighted by molar-refractivity contribution is -0.197. The van der Waals surface area contributed by atoms with Crippen LogP contribution in [0, 0.1) is 0 Å². The standard InChI is InChI=1S/C19H27NO4Si/c1-13(2)25(14(3)4)16-8-5-15(6-9-16)7-12-19(23)24-20-17(21)10-11-18(20)22/h5-6,8-9,13-14,25H,7,10-12H2,1-4H3. The van der Waals surface area contributed by atoms with E-state index in [0.717, 1.165) is 5.56 Å². The molecule has 0 bridgehead atoms. The van der Waals surface area contributed by atoms with E-state index in [-0.39, 0.29) is 19.3 Å². The minimum atomic E-state index is -1.01. The molecule has 0 saturated carbocycles. The zero-order valence-corrected chi connectivity index (χ0v) is 16.6. The van der Waals surface area contributed by atoms with Crippen LogP contribution in [0.15, 0.2) is 24.3 Å². The second kappa shape index (κ2) is 8.42. The summed E-state index contributed by atoms with van der Waals surface area (Å²) in [6.07, 6.45) is 0.908. The highest BCUT2D eigenvalue weighted by atomic mass is 28.3. The summed E-state index contributed by atoms with van der Waals surface area (Å²) in [5, 5.41) is 2.05. The second-order valence-electron chi connectivity index (χ2n) is 7.30. The molecule has 0 unspecified atom stereocenters. The van der Waals surface area contributed by atoms with Gasteiger partial charge in [-0.15, -0.1) is 5.06 Å². The minimum absolute atomic E-state index is 0.115. The van der Waals surface area contributed by atoms with E-state index in [9.17, 15) is 14.4 Å². The topological polar surface area (TPSA) is 63.7 Å². The number of amides is 2. The van der Waals surface area contributed by atoms with Crippen LogP contribution < -0.4 is 5.19 Å². The average molecular weight is 362 g/mol. The number of aryl methyl sites for hydroxylation is 1. The Hall–Kier alpha value is -1.95. The molecule has 1 saturated heterocycles. The van der Waals surface area contributed by atoms with Crippen molar-refractivity contribution in [1.82, 2.24) is 5.06 Å². The Kier molecular flexibility index (Phi) is 6.53.